The Morgan fingerprint density at radius 2 is 1.67 bits per heavy atom. The molecule has 0 aromatic heterocycles. The normalized spacial score (nSPS) is 10.9. The van der Waals surface area contributed by atoms with E-state index in [0.717, 1.165) is 23.5 Å². The number of rotatable bonds is 5. The lowest BCUT2D eigenvalue weighted by molar-refractivity contribution is -0.112. The van der Waals surface area contributed by atoms with Crippen molar-refractivity contribution in [2.24, 2.45) is 0 Å². The summed E-state index contributed by atoms with van der Waals surface area (Å²) < 4.78 is 4.94. The van der Waals surface area contributed by atoms with E-state index in [1.54, 1.807) is 37.3 Å². The molecule has 0 aliphatic carbocycles. The standard InChI is InChI=1S/C13H14O4.C8H8O2/c1-9(14)7-11(15)5-3-10-4-6-12(16)13(8-10)17-2;1-6-4-7(5-9)2-3-8(6)10/h3-8,15-16H,1-2H3;2-5,10H,1H3/b5-3+,11-7?;. The number of phenolic OH excluding ortho intramolecular Hbond substituents is 2. The molecule has 0 spiro atoms. The van der Waals surface area contributed by atoms with Gasteiger partial charge in [0.15, 0.2) is 17.3 Å². The molecule has 0 atom stereocenters. The van der Waals surface area contributed by atoms with Crippen LogP contribution in [-0.4, -0.2) is 34.5 Å². The first-order valence-corrected chi connectivity index (χ1v) is 7.98. The molecule has 0 bridgehead atoms. The van der Waals surface area contributed by atoms with Crippen molar-refractivity contribution in [1.82, 2.24) is 0 Å². The Morgan fingerprint density at radius 3 is 2.22 bits per heavy atom. The van der Waals surface area contributed by atoms with E-state index in [4.69, 9.17) is 9.84 Å². The molecule has 0 amide bonds. The molecule has 6 nitrogen and oxygen atoms in total. The maximum atomic E-state index is 10.7. The number of ketones is 1. The largest absolute Gasteiger partial charge is 0.508 e. The van der Waals surface area contributed by atoms with Gasteiger partial charge in [0.25, 0.3) is 0 Å². The van der Waals surface area contributed by atoms with E-state index in [-0.39, 0.29) is 23.0 Å². The summed E-state index contributed by atoms with van der Waals surface area (Å²) in [6.07, 6.45) is 4.88. The molecule has 6 heteroatoms. The van der Waals surface area contributed by atoms with Gasteiger partial charge in [-0.1, -0.05) is 12.1 Å². The quantitative estimate of drug-likeness (QED) is 0.318. The van der Waals surface area contributed by atoms with E-state index in [9.17, 15) is 19.8 Å². The van der Waals surface area contributed by atoms with Gasteiger partial charge in [0, 0.05) is 11.6 Å². The highest BCUT2D eigenvalue weighted by Gasteiger charge is 2.00. The number of methoxy groups -OCH3 is 1. The van der Waals surface area contributed by atoms with Gasteiger partial charge in [0.05, 0.1) is 7.11 Å². The minimum absolute atomic E-state index is 0.0492. The van der Waals surface area contributed by atoms with Gasteiger partial charge in [-0.05, 0) is 61.4 Å². The average Bonchev–Trinajstić information content (AvgIpc) is 2.63. The van der Waals surface area contributed by atoms with Crippen LogP contribution in [0.3, 0.4) is 0 Å². The number of phenols is 2. The Labute approximate surface area is 157 Å². The Kier molecular flexibility index (Phi) is 8.32. The second kappa shape index (κ2) is 10.5. The molecule has 0 heterocycles. The number of allylic oxidation sites excluding steroid dienone is 2. The minimum Gasteiger partial charge on any atom is -0.508 e. The second-order valence-electron chi connectivity index (χ2n) is 5.61. The van der Waals surface area contributed by atoms with E-state index in [1.165, 1.54) is 32.2 Å². The summed E-state index contributed by atoms with van der Waals surface area (Å²) in [5, 5.41) is 27.7. The number of carbonyl (C=O) groups excluding carboxylic acids is 2. The fourth-order valence-electron chi connectivity index (χ4n) is 1.99. The van der Waals surface area contributed by atoms with Crippen molar-refractivity contribution in [3.05, 3.63) is 71.0 Å². The third-order valence-corrected chi connectivity index (χ3v) is 3.36. The zero-order valence-corrected chi connectivity index (χ0v) is 15.3. The van der Waals surface area contributed by atoms with Crippen molar-refractivity contribution in [2.75, 3.05) is 7.11 Å². The highest BCUT2D eigenvalue weighted by Crippen LogP contribution is 2.26. The zero-order chi connectivity index (χ0) is 20.4. The molecule has 0 aliphatic heterocycles. The van der Waals surface area contributed by atoms with Gasteiger partial charge < -0.3 is 20.1 Å². The van der Waals surface area contributed by atoms with Crippen LogP contribution in [0.1, 0.15) is 28.4 Å². The lowest BCUT2D eigenvalue weighted by Crippen LogP contribution is -1.86. The fraction of sp³-hybridized carbons (Fsp3) is 0.143. The first-order valence-electron chi connectivity index (χ1n) is 7.98. The molecule has 0 saturated heterocycles. The molecule has 142 valence electrons. The number of ether oxygens (including phenoxy) is 1. The summed E-state index contributed by atoms with van der Waals surface area (Å²) in [7, 11) is 1.45. The van der Waals surface area contributed by atoms with Crippen LogP contribution in [0.5, 0.6) is 17.2 Å². The molecule has 0 fully saturated rings. The minimum atomic E-state index is -0.226. The first-order chi connectivity index (χ1) is 12.8. The predicted molar refractivity (Wildman–Crippen MR) is 103 cm³/mol. The molecule has 3 N–H and O–H groups in total. The molecule has 27 heavy (non-hydrogen) atoms. The molecule has 0 aliphatic rings. The summed E-state index contributed by atoms with van der Waals surface area (Å²) >= 11 is 0. The second-order valence-corrected chi connectivity index (χ2v) is 5.61. The number of aldehydes is 1. The molecule has 2 rings (SSSR count). The van der Waals surface area contributed by atoms with Crippen LogP contribution >= 0.6 is 0 Å². The van der Waals surface area contributed by atoms with Crippen molar-refractivity contribution in [3.63, 3.8) is 0 Å². The van der Waals surface area contributed by atoms with Crippen molar-refractivity contribution in [3.8, 4) is 17.2 Å². The first kappa shape index (κ1) is 21.5. The lowest BCUT2D eigenvalue weighted by Gasteiger charge is -2.03. The molecular formula is C21H22O6. The van der Waals surface area contributed by atoms with Crippen LogP contribution in [0.2, 0.25) is 0 Å². The van der Waals surface area contributed by atoms with Gasteiger partial charge >= 0.3 is 0 Å². The topological polar surface area (TPSA) is 104 Å². The van der Waals surface area contributed by atoms with Gasteiger partial charge in [-0.25, -0.2) is 0 Å². The summed E-state index contributed by atoms with van der Waals surface area (Å²) in [6.45, 7) is 3.11. The van der Waals surface area contributed by atoms with Crippen molar-refractivity contribution < 1.29 is 29.6 Å². The maximum Gasteiger partial charge on any atom is 0.161 e. The lowest BCUT2D eigenvalue weighted by atomic mass is 10.1. The number of aryl methyl sites for hydroxylation is 1. The number of hydrogen-bond donors (Lipinski definition) is 3. The molecule has 2 aromatic rings. The Morgan fingerprint density at radius 1 is 1.04 bits per heavy atom. The predicted octanol–water partition coefficient (Wildman–Crippen LogP) is 3.96. The number of aliphatic hydroxyl groups is 1. The Balaban J connectivity index is 0.000000309. The van der Waals surface area contributed by atoms with E-state index in [2.05, 4.69) is 0 Å². The number of aromatic hydroxyl groups is 2. The van der Waals surface area contributed by atoms with Crippen LogP contribution in [0, 0.1) is 6.92 Å². The average molecular weight is 370 g/mol. The van der Waals surface area contributed by atoms with Crippen molar-refractivity contribution >= 4 is 18.1 Å². The molecule has 0 saturated carbocycles. The summed E-state index contributed by atoms with van der Waals surface area (Å²) in [4.78, 5) is 20.9. The Bertz CT molecular complexity index is 865. The smallest absolute Gasteiger partial charge is 0.161 e. The highest BCUT2D eigenvalue weighted by atomic mass is 16.5. The number of hydrogen-bond acceptors (Lipinski definition) is 6. The van der Waals surface area contributed by atoms with Gasteiger partial charge in [0.1, 0.15) is 17.8 Å². The molecule has 0 radical (unpaired) electrons. The number of carbonyl (C=O) groups is 2. The molecular weight excluding hydrogens is 348 g/mol. The van der Waals surface area contributed by atoms with Crippen LogP contribution < -0.4 is 4.74 Å². The van der Waals surface area contributed by atoms with Gasteiger partial charge in [-0.3, -0.25) is 9.59 Å². The molecule has 0 unspecified atom stereocenters. The maximum absolute atomic E-state index is 10.7. The van der Waals surface area contributed by atoms with Gasteiger partial charge in [0.2, 0.25) is 0 Å². The van der Waals surface area contributed by atoms with Crippen LogP contribution in [0.4, 0.5) is 0 Å². The summed E-state index contributed by atoms with van der Waals surface area (Å²) in [5.74, 6) is 0.279. The number of aliphatic hydroxyl groups excluding tert-OH is 1. The van der Waals surface area contributed by atoms with Crippen LogP contribution in [0.15, 0.2) is 54.3 Å². The Hall–Kier alpha value is -3.54. The summed E-state index contributed by atoms with van der Waals surface area (Å²) in [5.41, 5.74) is 2.06. The fourth-order valence-corrected chi connectivity index (χ4v) is 1.99. The monoisotopic (exact) mass is 370 g/mol. The SMILES string of the molecule is COc1cc(/C=C/C(O)=CC(C)=O)ccc1O.Cc1cc(C=O)ccc1O. The number of benzene rings is 2. The highest BCUT2D eigenvalue weighted by molar-refractivity contribution is 5.88. The van der Waals surface area contributed by atoms with Crippen molar-refractivity contribution in [2.45, 2.75) is 13.8 Å². The zero-order valence-electron chi connectivity index (χ0n) is 15.3. The van der Waals surface area contributed by atoms with Gasteiger partial charge in [-0.15, -0.1) is 0 Å². The van der Waals surface area contributed by atoms with Gasteiger partial charge in [-0.2, -0.15) is 0 Å². The van der Waals surface area contributed by atoms with Crippen LogP contribution in [0.25, 0.3) is 6.08 Å². The van der Waals surface area contributed by atoms with Crippen molar-refractivity contribution in [1.29, 1.82) is 0 Å². The molecule has 2 aromatic carbocycles. The third kappa shape index (κ3) is 7.48. The van der Waals surface area contributed by atoms with Crippen LogP contribution in [-0.2, 0) is 4.79 Å². The van der Waals surface area contributed by atoms with E-state index >= 15 is 0 Å². The summed E-state index contributed by atoms with van der Waals surface area (Å²) in [6, 6.07) is 9.50. The van der Waals surface area contributed by atoms with E-state index < -0.39 is 0 Å². The third-order valence-electron chi connectivity index (χ3n) is 3.36. The van der Waals surface area contributed by atoms with E-state index in [0.29, 0.717) is 11.3 Å². The van der Waals surface area contributed by atoms with E-state index in [1.807, 2.05) is 0 Å².